The van der Waals surface area contributed by atoms with Crippen molar-refractivity contribution < 1.29 is 23.9 Å². The quantitative estimate of drug-likeness (QED) is 0.459. The summed E-state index contributed by atoms with van der Waals surface area (Å²) in [5, 5.41) is 11.0. The number of nitro benzene ring substituents is 1. The van der Waals surface area contributed by atoms with Gasteiger partial charge in [0.05, 0.1) is 16.4 Å². The highest BCUT2D eigenvalue weighted by molar-refractivity contribution is 5.66. The standard InChI is InChI=1S/C12H11NO6/c1-6(14)17-10-5-7-11-8(13(15)16)3-2-4-9(11)18-12(7)19-10/h2-4,7,10,12H,5H2,1H3. The minimum absolute atomic E-state index is 0.0112. The van der Waals surface area contributed by atoms with Crippen LogP contribution in [0.5, 0.6) is 5.75 Å². The van der Waals surface area contributed by atoms with Gasteiger partial charge in [-0.2, -0.15) is 0 Å². The van der Waals surface area contributed by atoms with E-state index in [-0.39, 0.29) is 11.6 Å². The summed E-state index contributed by atoms with van der Waals surface area (Å²) >= 11 is 0. The second kappa shape index (κ2) is 4.20. The van der Waals surface area contributed by atoms with Gasteiger partial charge in [-0.05, 0) is 6.07 Å². The van der Waals surface area contributed by atoms with Crippen LogP contribution in [-0.4, -0.2) is 23.5 Å². The Labute approximate surface area is 108 Å². The summed E-state index contributed by atoms with van der Waals surface area (Å²) in [6.45, 7) is 1.29. The predicted molar refractivity (Wildman–Crippen MR) is 61.5 cm³/mol. The van der Waals surface area contributed by atoms with Crippen LogP contribution < -0.4 is 4.74 Å². The normalized spacial score (nSPS) is 27.3. The van der Waals surface area contributed by atoms with E-state index in [1.165, 1.54) is 13.0 Å². The molecule has 0 radical (unpaired) electrons. The lowest BCUT2D eigenvalue weighted by molar-refractivity contribution is -0.385. The molecule has 2 aliphatic heterocycles. The molecule has 0 amide bonds. The lowest BCUT2D eigenvalue weighted by atomic mass is 9.96. The molecule has 3 rings (SSSR count). The fourth-order valence-corrected chi connectivity index (χ4v) is 2.54. The lowest BCUT2D eigenvalue weighted by Gasteiger charge is -2.12. The number of nitrogens with zero attached hydrogens (tertiary/aromatic N) is 1. The topological polar surface area (TPSA) is 87.9 Å². The first-order valence-corrected chi connectivity index (χ1v) is 5.83. The summed E-state index contributed by atoms with van der Waals surface area (Å²) in [5.74, 6) is -0.265. The number of carbonyl (C=O) groups excluding carboxylic acids is 1. The second-order valence-electron chi connectivity index (χ2n) is 4.45. The maximum Gasteiger partial charge on any atom is 0.304 e. The smallest absolute Gasteiger partial charge is 0.304 e. The Kier molecular flexibility index (Phi) is 2.63. The molecule has 0 N–H and O–H groups in total. The summed E-state index contributed by atoms with van der Waals surface area (Å²) in [5.41, 5.74) is 0.532. The van der Waals surface area contributed by atoms with Crippen LogP contribution in [0.3, 0.4) is 0 Å². The summed E-state index contributed by atoms with van der Waals surface area (Å²) in [4.78, 5) is 21.5. The van der Waals surface area contributed by atoms with Crippen LogP contribution in [0.2, 0.25) is 0 Å². The van der Waals surface area contributed by atoms with Crippen LogP contribution in [0.1, 0.15) is 24.8 Å². The van der Waals surface area contributed by atoms with Crippen molar-refractivity contribution >= 4 is 11.7 Å². The molecule has 0 bridgehead atoms. The molecule has 1 fully saturated rings. The van der Waals surface area contributed by atoms with Crippen LogP contribution in [0.4, 0.5) is 5.69 Å². The van der Waals surface area contributed by atoms with Gasteiger partial charge in [-0.15, -0.1) is 0 Å². The number of benzene rings is 1. The van der Waals surface area contributed by atoms with E-state index in [9.17, 15) is 14.9 Å². The van der Waals surface area contributed by atoms with E-state index in [2.05, 4.69) is 0 Å². The van der Waals surface area contributed by atoms with Gasteiger partial charge in [0.2, 0.25) is 12.6 Å². The van der Waals surface area contributed by atoms with E-state index < -0.39 is 23.5 Å². The van der Waals surface area contributed by atoms with Gasteiger partial charge < -0.3 is 14.2 Å². The predicted octanol–water partition coefficient (Wildman–Crippen LogP) is 1.71. The maximum atomic E-state index is 11.0. The first-order valence-electron chi connectivity index (χ1n) is 5.83. The van der Waals surface area contributed by atoms with Gasteiger partial charge in [-0.3, -0.25) is 14.9 Å². The minimum atomic E-state index is -0.708. The minimum Gasteiger partial charge on any atom is -0.464 e. The van der Waals surface area contributed by atoms with Crippen LogP contribution in [0.25, 0.3) is 0 Å². The van der Waals surface area contributed by atoms with Gasteiger partial charge in [-0.1, -0.05) is 6.07 Å². The van der Waals surface area contributed by atoms with E-state index in [1.807, 2.05) is 0 Å². The Morgan fingerprint density at radius 1 is 1.53 bits per heavy atom. The van der Waals surface area contributed by atoms with Crippen LogP contribution >= 0.6 is 0 Å². The zero-order chi connectivity index (χ0) is 13.6. The third kappa shape index (κ3) is 1.91. The number of ether oxygens (including phenoxy) is 3. The molecule has 2 aliphatic rings. The van der Waals surface area contributed by atoms with Crippen LogP contribution in [0, 0.1) is 10.1 Å². The zero-order valence-electron chi connectivity index (χ0n) is 10.1. The average Bonchev–Trinajstić information content (AvgIpc) is 2.83. The van der Waals surface area contributed by atoms with Gasteiger partial charge in [0.1, 0.15) is 5.75 Å². The highest BCUT2D eigenvalue weighted by Crippen LogP contribution is 2.49. The molecule has 3 unspecified atom stereocenters. The van der Waals surface area contributed by atoms with E-state index in [0.717, 1.165) is 0 Å². The van der Waals surface area contributed by atoms with Crippen molar-refractivity contribution in [3.8, 4) is 5.75 Å². The average molecular weight is 265 g/mol. The molecule has 0 aliphatic carbocycles. The molecule has 19 heavy (non-hydrogen) atoms. The number of nitro groups is 1. The molecule has 0 aromatic heterocycles. The molecule has 0 saturated carbocycles. The molecular weight excluding hydrogens is 254 g/mol. The monoisotopic (exact) mass is 265 g/mol. The van der Waals surface area contributed by atoms with Crippen molar-refractivity contribution in [3.05, 3.63) is 33.9 Å². The van der Waals surface area contributed by atoms with Crippen molar-refractivity contribution in [1.82, 2.24) is 0 Å². The Morgan fingerprint density at radius 3 is 3.00 bits per heavy atom. The van der Waals surface area contributed by atoms with Crippen molar-refractivity contribution in [2.75, 3.05) is 0 Å². The molecule has 7 nitrogen and oxygen atoms in total. The molecule has 1 saturated heterocycles. The Hall–Kier alpha value is -2.15. The molecule has 0 spiro atoms. The van der Waals surface area contributed by atoms with Gasteiger partial charge in [0.25, 0.3) is 5.69 Å². The molecule has 1 aromatic rings. The zero-order valence-corrected chi connectivity index (χ0v) is 10.1. The number of esters is 1. The van der Waals surface area contributed by atoms with E-state index >= 15 is 0 Å². The summed E-state index contributed by atoms with van der Waals surface area (Å²) in [6.07, 6.45) is -0.969. The van der Waals surface area contributed by atoms with Gasteiger partial charge >= 0.3 is 5.97 Å². The van der Waals surface area contributed by atoms with Crippen molar-refractivity contribution in [3.63, 3.8) is 0 Å². The van der Waals surface area contributed by atoms with E-state index in [0.29, 0.717) is 17.7 Å². The molecule has 7 heteroatoms. The molecule has 100 valence electrons. The Balaban J connectivity index is 1.91. The lowest BCUT2D eigenvalue weighted by Crippen LogP contribution is -2.19. The maximum absolute atomic E-state index is 11.0. The fraction of sp³-hybridized carbons (Fsp3) is 0.417. The number of rotatable bonds is 2. The second-order valence-corrected chi connectivity index (χ2v) is 4.45. The number of carbonyl (C=O) groups is 1. The third-order valence-corrected chi connectivity index (χ3v) is 3.21. The van der Waals surface area contributed by atoms with E-state index in [1.54, 1.807) is 12.1 Å². The summed E-state index contributed by atoms with van der Waals surface area (Å²) in [7, 11) is 0. The Morgan fingerprint density at radius 2 is 2.32 bits per heavy atom. The van der Waals surface area contributed by atoms with Gasteiger partial charge in [0.15, 0.2) is 0 Å². The highest BCUT2D eigenvalue weighted by atomic mass is 16.8. The summed E-state index contributed by atoms with van der Waals surface area (Å²) in [6, 6.07) is 4.68. The van der Waals surface area contributed by atoms with E-state index in [4.69, 9.17) is 14.2 Å². The largest absolute Gasteiger partial charge is 0.464 e. The Bertz CT molecular complexity index is 557. The third-order valence-electron chi connectivity index (χ3n) is 3.21. The first-order chi connectivity index (χ1) is 9.06. The van der Waals surface area contributed by atoms with Crippen molar-refractivity contribution in [2.24, 2.45) is 0 Å². The number of hydrogen-bond acceptors (Lipinski definition) is 6. The SMILES string of the molecule is CC(=O)OC1CC2c3c(cccc3[N+](=O)[O-])OC2O1. The number of fused-ring (bicyclic) bond motifs is 3. The molecule has 2 heterocycles. The van der Waals surface area contributed by atoms with Gasteiger partial charge in [0, 0.05) is 19.4 Å². The summed E-state index contributed by atoms with van der Waals surface area (Å²) < 4.78 is 15.9. The van der Waals surface area contributed by atoms with Gasteiger partial charge in [-0.25, -0.2) is 0 Å². The number of hydrogen-bond donors (Lipinski definition) is 0. The fourth-order valence-electron chi connectivity index (χ4n) is 2.54. The molecule has 3 atom stereocenters. The van der Waals surface area contributed by atoms with Crippen LogP contribution in [-0.2, 0) is 14.3 Å². The van der Waals surface area contributed by atoms with Crippen molar-refractivity contribution in [2.45, 2.75) is 31.8 Å². The van der Waals surface area contributed by atoms with Crippen molar-refractivity contribution in [1.29, 1.82) is 0 Å². The molecular formula is C12H11NO6. The molecule has 1 aromatic carbocycles. The first kappa shape index (κ1) is 11.9. The highest BCUT2D eigenvalue weighted by Gasteiger charge is 2.48. The van der Waals surface area contributed by atoms with Crippen LogP contribution in [0.15, 0.2) is 18.2 Å².